The van der Waals surface area contributed by atoms with Crippen molar-refractivity contribution < 1.29 is 10.1 Å². The first-order chi connectivity index (χ1) is 9.78. The van der Waals surface area contributed by atoms with Crippen molar-refractivity contribution in [2.24, 2.45) is 0 Å². The molecule has 0 radical (unpaired) electrons. The molecule has 2 nitrogen and oxygen atoms in total. The van der Waals surface area contributed by atoms with Crippen LogP contribution in [0.2, 0.25) is 0 Å². The topological polar surface area (TPSA) is 25.8 Å². The van der Waals surface area contributed by atoms with Gasteiger partial charge in [0.15, 0.2) is 0 Å². The summed E-state index contributed by atoms with van der Waals surface area (Å²) in [6.07, 6.45) is 2.36. The van der Waals surface area contributed by atoms with E-state index >= 15 is 0 Å². The van der Waals surface area contributed by atoms with Crippen LogP contribution < -0.4 is 10.1 Å². The summed E-state index contributed by atoms with van der Waals surface area (Å²) in [5.41, 5.74) is 2.77. The number of methoxy groups -OCH3 is 1. The fraction of sp³-hybridized carbons (Fsp3) is 0.333. The van der Waals surface area contributed by atoms with Crippen molar-refractivity contribution in [2.45, 2.75) is 32.4 Å². The zero-order valence-electron chi connectivity index (χ0n) is 12.4. The second kappa shape index (κ2) is 7.71. The van der Waals surface area contributed by atoms with Crippen molar-refractivity contribution in [3.05, 3.63) is 65.7 Å². The molecule has 2 aromatic carbocycles. The third kappa shape index (κ3) is 4.71. The quantitative estimate of drug-likeness (QED) is 0.822. The number of hydrogen-bond donors (Lipinski definition) is 1. The lowest BCUT2D eigenvalue weighted by Gasteiger charge is -2.11. The van der Waals surface area contributed by atoms with Gasteiger partial charge in [-0.3, -0.25) is 0 Å². The average Bonchev–Trinajstić information content (AvgIpc) is 2.52. The van der Waals surface area contributed by atoms with E-state index in [2.05, 4.69) is 54.7 Å². The molecule has 20 heavy (non-hydrogen) atoms. The van der Waals surface area contributed by atoms with Gasteiger partial charge in [0.2, 0.25) is 0 Å². The van der Waals surface area contributed by atoms with Crippen LogP contribution in [0.1, 0.15) is 24.5 Å². The van der Waals surface area contributed by atoms with Gasteiger partial charge in [-0.05, 0) is 43.2 Å². The maximum Gasteiger partial charge on any atom is 0.118 e. The Hall–Kier alpha value is -1.80. The number of hydrogen-bond acceptors (Lipinski definition) is 1. The maximum absolute atomic E-state index is 5.17. The SMILES string of the molecule is COc1ccc(C[NH2+][C@H](C)CCc2ccccc2)cc1. The molecule has 0 aliphatic rings. The van der Waals surface area contributed by atoms with Gasteiger partial charge in [-0.1, -0.05) is 30.3 Å². The van der Waals surface area contributed by atoms with Crippen LogP contribution in [0, 0.1) is 0 Å². The van der Waals surface area contributed by atoms with E-state index in [4.69, 9.17) is 4.74 Å². The van der Waals surface area contributed by atoms with Crippen LogP contribution in [0.3, 0.4) is 0 Å². The molecule has 2 heteroatoms. The summed E-state index contributed by atoms with van der Waals surface area (Å²) in [6.45, 7) is 3.33. The highest BCUT2D eigenvalue weighted by atomic mass is 16.5. The highest BCUT2D eigenvalue weighted by Gasteiger charge is 2.06. The predicted molar refractivity (Wildman–Crippen MR) is 82.8 cm³/mol. The highest BCUT2D eigenvalue weighted by molar-refractivity contribution is 5.26. The molecule has 2 N–H and O–H groups in total. The molecular formula is C18H24NO+. The first kappa shape index (κ1) is 14.6. The zero-order valence-corrected chi connectivity index (χ0v) is 12.4. The summed E-state index contributed by atoms with van der Waals surface area (Å²) < 4.78 is 5.17. The summed E-state index contributed by atoms with van der Waals surface area (Å²) in [4.78, 5) is 0. The number of benzene rings is 2. The standard InChI is InChI=1S/C18H23NO/c1-15(8-9-16-6-4-3-5-7-16)19-14-17-10-12-18(20-2)13-11-17/h3-7,10-13,15,19H,8-9,14H2,1-2H3/p+1/t15-/m1/s1. The fourth-order valence-electron chi connectivity index (χ4n) is 2.26. The van der Waals surface area contributed by atoms with E-state index in [0.29, 0.717) is 6.04 Å². The lowest BCUT2D eigenvalue weighted by Crippen LogP contribution is -2.87. The fourth-order valence-corrected chi connectivity index (χ4v) is 2.26. The van der Waals surface area contributed by atoms with Crippen LogP contribution in [-0.2, 0) is 13.0 Å². The van der Waals surface area contributed by atoms with Gasteiger partial charge in [-0.15, -0.1) is 0 Å². The Balaban J connectivity index is 1.73. The molecule has 0 spiro atoms. The Kier molecular flexibility index (Phi) is 5.63. The molecule has 0 saturated carbocycles. The monoisotopic (exact) mass is 270 g/mol. The Morgan fingerprint density at radius 1 is 0.950 bits per heavy atom. The molecule has 1 atom stereocenters. The molecule has 106 valence electrons. The van der Waals surface area contributed by atoms with Crippen molar-refractivity contribution >= 4 is 0 Å². The second-order valence-electron chi connectivity index (χ2n) is 5.29. The maximum atomic E-state index is 5.17. The number of rotatable bonds is 7. The van der Waals surface area contributed by atoms with Crippen LogP contribution in [0.25, 0.3) is 0 Å². The molecule has 0 heterocycles. The van der Waals surface area contributed by atoms with E-state index in [1.165, 1.54) is 17.5 Å². The minimum atomic E-state index is 0.636. The number of quaternary nitrogens is 1. The Morgan fingerprint density at radius 3 is 2.30 bits per heavy atom. The Bertz CT molecular complexity index is 493. The Labute approximate surface area is 121 Å². The largest absolute Gasteiger partial charge is 0.497 e. The van der Waals surface area contributed by atoms with E-state index in [-0.39, 0.29) is 0 Å². The van der Waals surface area contributed by atoms with Gasteiger partial charge in [0.1, 0.15) is 12.3 Å². The van der Waals surface area contributed by atoms with Gasteiger partial charge in [0, 0.05) is 12.0 Å². The smallest absolute Gasteiger partial charge is 0.118 e. The van der Waals surface area contributed by atoms with Crippen LogP contribution in [0.4, 0.5) is 0 Å². The summed E-state index contributed by atoms with van der Waals surface area (Å²) in [5, 5.41) is 2.41. The van der Waals surface area contributed by atoms with Crippen LogP contribution in [-0.4, -0.2) is 13.2 Å². The molecule has 0 amide bonds. The number of ether oxygens (including phenoxy) is 1. The summed E-state index contributed by atoms with van der Waals surface area (Å²) in [5.74, 6) is 0.922. The molecule has 0 saturated heterocycles. The molecule has 0 bridgehead atoms. The number of aryl methyl sites for hydroxylation is 1. The molecule has 2 aromatic rings. The lowest BCUT2D eigenvalue weighted by molar-refractivity contribution is -0.701. The molecule has 0 aromatic heterocycles. The van der Waals surface area contributed by atoms with Gasteiger partial charge in [0.05, 0.1) is 13.2 Å². The minimum absolute atomic E-state index is 0.636. The third-order valence-corrected chi connectivity index (χ3v) is 3.65. The Morgan fingerprint density at radius 2 is 1.65 bits per heavy atom. The molecular weight excluding hydrogens is 246 g/mol. The predicted octanol–water partition coefficient (Wildman–Crippen LogP) is 2.78. The van der Waals surface area contributed by atoms with Crippen LogP contribution >= 0.6 is 0 Å². The van der Waals surface area contributed by atoms with Gasteiger partial charge >= 0.3 is 0 Å². The zero-order chi connectivity index (χ0) is 14.2. The molecule has 0 aliphatic heterocycles. The van der Waals surface area contributed by atoms with Crippen molar-refractivity contribution in [3.63, 3.8) is 0 Å². The van der Waals surface area contributed by atoms with Gasteiger partial charge in [-0.2, -0.15) is 0 Å². The van der Waals surface area contributed by atoms with Crippen LogP contribution in [0.5, 0.6) is 5.75 Å². The minimum Gasteiger partial charge on any atom is -0.497 e. The molecule has 0 aliphatic carbocycles. The van der Waals surface area contributed by atoms with Crippen LogP contribution in [0.15, 0.2) is 54.6 Å². The van der Waals surface area contributed by atoms with E-state index in [1.807, 2.05) is 12.1 Å². The van der Waals surface area contributed by atoms with Crippen molar-refractivity contribution in [1.29, 1.82) is 0 Å². The van der Waals surface area contributed by atoms with E-state index < -0.39 is 0 Å². The van der Waals surface area contributed by atoms with Gasteiger partial charge < -0.3 is 10.1 Å². The summed E-state index contributed by atoms with van der Waals surface area (Å²) >= 11 is 0. The lowest BCUT2D eigenvalue weighted by atomic mass is 10.1. The van der Waals surface area contributed by atoms with Crippen molar-refractivity contribution in [3.8, 4) is 5.75 Å². The summed E-state index contributed by atoms with van der Waals surface area (Å²) in [6, 6.07) is 19.7. The second-order valence-corrected chi connectivity index (χ2v) is 5.29. The van der Waals surface area contributed by atoms with Gasteiger partial charge in [-0.25, -0.2) is 0 Å². The molecule has 0 unspecified atom stereocenters. The molecule has 0 fully saturated rings. The summed E-state index contributed by atoms with van der Waals surface area (Å²) in [7, 11) is 1.70. The van der Waals surface area contributed by atoms with Gasteiger partial charge in [0.25, 0.3) is 0 Å². The van der Waals surface area contributed by atoms with Crippen molar-refractivity contribution in [2.75, 3.05) is 7.11 Å². The average molecular weight is 270 g/mol. The van der Waals surface area contributed by atoms with E-state index in [1.54, 1.807) is 7.11 Å². The molecule has 2 rings (SSSR count). The third-order valence-electron chi connectivity index (χ3n) is 3.65. The van der Waals surface area contributed by atoms with E-state index in [0.717, 1.165) is 18.7 Å². The first-order valence-electron chi connectivity index (χ1n) is 7.28. The number of nitrogens with two attached hydrogens (primary N) is 1. The normalized spacial score (nSPS) is 12.1. The van der Waals surface area contributed by atoms with Crippen molar-refractivity contribution in [1.82, 2.24) is 0 Å². The first-order valence-corrected chi connectivity index (χ1v) is 7.28. The van der Waals surface area contributed by atoms with E-state index in [9.17, 15) is 0 Å². The highest BCUT2D eigenvalue weighted by Crippen LogP contribution is 2.10.